The van der Waals surface area contributed by atoms with Crippen LogP contribution in [-0.2, 0) is 14.6 Å². The summed E-state index contributed by atoms with van der Waals surface area (Å²) in [4.78, 5) is 2.46. The van der Waals surface area contributed by atoms with Crippen LogP contribution in [-0.4, -0.2) is 47.7 Å². The van der Waals surface area contributed by atoms with Gasteiger partial charge in [0.2, 0.25) is 0 Å². The average molecular weight is 410 g/mol. The van der Waals surface area contributed by atoms with Crippen molar-refractivity contribution in [1.29, 1.82) is 0 Å². The molecule has 2 bridgehead atoms. The molecule has 8 heteroatoms. The quantitative estimate of drug-likeness (QED) is 0.686. The first kappa shape index (κ1) is 18.5. The molecule has 0 radical (unpaired) electrons. The van der Waals surface area contributed by atoms with E-state index in [0.717, 1.165) is 12.0 Å². The van der Waals surface area contributed by atoms with Crippen molar-refractivity contribution in [2.75, 3.05) is 13.2 Å². The lowest BCUT2D eigenvalue weighted by atomic mass is 10.1. The molecule has 2 N–H and O–H groups in total. The Hall–Kier alpha value is -2.55. The van der Waals surface area contributed by atoms with Gasteiger partial charge in [-0.2, -0.15) is 0 Å². The lowest BCUT2D eigenvalue weighted by Crippen LogP contribution is -2.57. The SMILES string of the molecule is Cc1ccc(-c2nnc(-c3ccccc3)[nH]2)cc1S(=O)(=O)C12CCC(COC1)N2. The van der Waals surface area contributed by atoms with Gasteiger partial charge in [0.15, 0.2) is 21.5 Å². The zero-order valence-electron chi connectivity index (χ0n) is 16.1. The number of aryl methyl sites for hydroxylation is 1. The Morgan fingerprint density at radius 2 is 1.83 bits per heavy atom. The number of benzene rings is 2. The summed E-state index contributed by atoms with van der Waals surface area (Å²) >= 11 is 0. The first-order valence-corrected chi connectivity index (χ1v) is 11.2. The number of sulfone groups is 1. The van der Waals surface area contributed by atoms with Crippen molar-refractivity contribution in [3.63, 3.8) is 0 Å². The molecule has 2 aromatic carbocycles. The van der Waals surface area contributed by atoms with Crippen LogP contribution in [0.1, 0.15) is 18.4 Å². The van der Waals surface area contributed by atoms with Gasteiger partial charge in [0, 0.05) is 17.2 Å². The summed E-state index contributed by atoms with van der Waals surface area (Å²) in [6, 6.07) is 15.2. The molecule has 5 rings (SSSR count). The predicted octanol–water partition coefficient (Wildman–Crippen LogP) is 2.70. The van der Waals surface area contributed by atoms with Crippen molar-refractivity contribution in [2.45, 2.75) is 35.6 Å². The van der Waals surface area contributed by atoms with Crippen LogP contribution < -0.4 is 5.32 Å². The van der Waals surface area contributed by atoms with Crippen molar-refractivity contribution >= 4 is 9.84 Å². The van der Waals surface area contributed by atoms with Gasteiger partial charge in [-0.25, -0.2) is 8.42 Å². The monoisotopic (exact) mass is 410 g/mol. The Morgan fingerprint density at radius 1 is 1.07 bits per heavy atom. The molecule has 1 aromatic heterocycles. The Balaban J connectivity index is 1.54. The van der Waals surface area contributed by atoms with Crippen molar-refractivity contribution in [3.8, 4) is 22.8 Å². The fraction of sp³-hybridized carbons (Fsp3) is 0.333. The van der Waals surface area contributed by atoms with Gasteiger partial charge < -0.3 is 9.72 Å². The molecule has 7 nitrogen and oxygen atoms in total. The number of ether oxygens (including phenoxy) is 1. The van der Waals surface area contributed by atoms with Crippen LogP contribution in [0, 0.1) is 6.92 Å². The van der Waals surface area contributed by atoms with Crippen LogP contribution in [0.3, 0.4) is 0 Å². The van der Waals surface area contributed by atoms with Crippen LogP contribution in [0.5, 0.6) is 0 Å². The maximum absolute atomic E-state index is 13.6. The third-order valence-electron chi connectivity index (χ3n) is 5.82. The largest absolute Gasteiger partial charge is 0.377 e. The molecule has 0 saturated carbocycles. The molecule has 3 heterocycles. The summed E-state index contributed by atoms with van der Waals surface area (Å²) in [6.45, 7) is 2.56. The van der Waals surface area contributed by atoms with Crippen molar-refractivity contribution < 1.29 is 13.2 Å². The Morgan fingerprint density at radius 3 is 2.62 bits per heavy atom. The highest BCUT2D eigenvalue weighted by atomic mass is 32.2. The highest BCUT2D eigenvalue weighted by Crippen LogP contribution is 2.38. The van der Waals surface area contributed by atoms with Gasteiger partial charge in [-0.3, -0.25) is 5.32 Å². The zero-order valence-corrected chi connectivity index (χ0v) is 16.9. The van der Waals surface area contributed by atoms with E-state index < -0.39 is 14.7 Å². The molecule has 29 heavy (non-hydrogen) atoms. The molecule has 0 aliphatic carbocycles. The third-order valence-corrected chi connectivity index (χ3v) is 8.31. The maximum atomic E-state index is 13.6. The number of nitrogens with zero attached hydrogens (tertiary/aromatic N) is 2. The molecular weight excluding hydrogens is 388 g/mol. The second kappa shape index (κ2) is 6.76. The third kappa shape index (κ3) is 2.99. The molecule has 2 fully saturated rings. The number of hydrogen-bond donors (Lipinski definition) is 2. The van der Waals surface area contributed by atoms with Crippen molar-refractivity contribution in [1.82, 2.24) is 20.5 Å². The Labute approximate surface area is 169 Å². The van der Waals surface area contributed by atoms with E-state index >= 15 is 0 Å². The number of aromatic amines is 1. The fourth-order valence-corrected chi connectivity index (χ4v) is 6.33. The van der Waals surface area contributed by atoms with Crippen LogP contribution in [0.2, 0.25) is 0 Å². The Bertz CT molecular complexity index is 1160. The number of nitrogens with one attached hydrogen (secondary N) is 2. The van der Waals surface area contributed by atoms with Gasteiger partial charge in [0.1, 0.15) is 4.87 Å². The number of H-pyrrole nitrogens is 1. The molecular formula is C21H22N4O3S. The van der Waals surface area contributed by atoms with E-state index in [0.29, 0.717) is 40.7 Å². The highest BCUT2D eigenvalue weighted by Gasteiger charge is 2.52. The van der Waals surface area contributed by atoms with E-state index in [1.54, 1.807) is 6.07 Å². The van der Waals surface area contributed by atoms with Crippen molar-refractivity contribution in [3.05, 3.63) is 54.1 Å². The van der Waals surface area contributed by atoms with E-state index in [1.807, 2.05) is 49.4 Å². The van der Waals surface area contributed by atoms with Crippen molar-refractivity contribution in [2.24, 2.45) is 0 Å². The molecule has 0 spiro atoms. The van der Waals surface area contributed by atoms with E-state index in [-0.39, 0.29) is 12.6 Å². The average Bonchev–Trinajstić information content (AvgIpc) is 3.34. The summed E-state index contributed by atoms with van der Waals surface area (Å²) in [7, 11) is -3.64. The van der Waals surface area contributed by atoms with Gasteiger partial charge in [-0.1, -0.05) is 42.5 Å². The molecule has 150 valence electrons. The van der Waals surface area contributed by atoms with E-state index in [2.05, 4.69) is 20.5 Å². The number of fused-ring (bicyclic) bond motifs is 2. The van der Waals surface area contributed by atoms with Gasteiger partial charge in [0.25, 0.3) is 0 Å². The first-order valence-electron chi connectivity index (χ1n) is 9.68. The molecule has 2 aliphatic heterocycles. The van der Waals surface area contributed by atoms with E-state index in [4.69, 9.17) is 4.74 Å². The standard InChI is InChI=1S/C21H22N4O3S/c1-14-7-8-16(20-22-19(24-25-20)15-5-3-2-4-6-15)11-18(14)29(26,27)21-10-9-17(23-21)12-28-13-21/h2-8,11,17,23H,9-10,12-13H2,1H3,(H,22,24,25). The Kier molecular flexibility index (Phi) is 4.31. The normalized spacial score (nSPS) is 24.0. The second-order valence-electron chi connectivity index (χ2n) is 7.76. The minimum absolute atomic E-state index is 0.102. The minimum atomic E-state index is -3.64. The molecule has 2 saturated heterocycles. The number of rotatable bonds is 4. The summed E-state index contributed by atoms with van der Waals surface area (Å²) in [5.41, 5.74) is 2.32. The summed E-state index contributed by atoms with van der Waals surface area (Å²) in [5, 5.41) is 11.8. The molecule has 2 atom stereocenters. The smallest absolute Gasteiger partial charge is 0.199 e. The summed E-state index contributed by atoms with van der Waals surface area (Å²) in [6.07, 6.45) is 1.37. The molecule has 3 aromatic rings. The van der Waals surface area contributed by atoms with Gasteiger partial charge >= 0.3 is 0 Å². The van der Waals surface area contributed by atoms with E-state index in [9.17, 15) is 8.42 Å². The number of aromatic nitrogens is 3. The van der Waals surface area contributed by atoms with Gasteiger partial charge in [0.05, 0.1) is 18.1 Å². The van der Waals surface area contributed by atoms with Crippen LogP contribution in [0.25, 0.3) is 22.8 Å². The highest BCUT2D eigenvalue weighted by molar-refractivity contribution is 7.93. The lowest BCUT2D eigenvalue weighted by molar-refractivity contribution is 0.0592. The maximum Gasteiger partial charge on any atom is 0.199 e. The van der Waals surface area contributed by atoms with Crippen LogP contribution in [0.4, 0.5) is 0 Å². The summed E-state index contributed by atoms with van der Waals surface area (Å²) < 4.78 is 32.8. The fourth-order valence-electron chi connectivity index (χ4n) is 4.18. The van der Waals surface area contributed by atoms with Crippen LogP contribution in [0.15, 0.2) is 53.4 Å². The lowest BCUT2D eigenvalue weighted by Gasteiger charge is -2.34. The predicted molar refractivity (Wildman–Crippen MR) is 109 cm³/mol. The second-order valence-corrected chi connectivity index (χ2v) is 9.99. The van der Waals surface area contributed by atoms with Gasteiger partial charge in [-0.05, 0) is 31.4 Å². The van der Waals surface area contributed by atoms with Gasteiger partial charge in [-0.15, -0.1) is 10.2 Å². The van der Waals surface area contributed by atoms with E-state index in [1.165, 1.54) is 0 Å². The first-order chi connectivity index (χ1) is 14.0. The number of hydrogen-bond acceptors (Lipinski definition) is 6. The summed E-state index contributed by atoms with van der Waals surface area (Å²) in [5.74, 6) is 1.18. The van der Waals surface area contributed by atoms with Crippen LogP contribution >= 0.6 is 0 Å². The molecule has 2 aliphatic rings. The topological polar surface area (TPSA) is 97.0 Å². The molecule has 2 unspecified atom stereocenters. The number of morpholine rings is 1. The minimum Gasteiger partial charge on any atom is -0.377 e. The zero-order chi connectivity index (χ0) is 20.1. The molecule has 0 amide bonds.